The molecule has 0 spiro atoms. The number of ether oxygens (including phenoxy) is 2. The summed E-state index contributed by atoms with van der Waals surface area (Å²) in [5.41, 5.74) is 1.97. The number of benzene rings is 3. The Morgan fingerprint density at radius 2 is 1.72 bits per heavy atom. The van der Waals surface area contributed by atoms with Crippen LogP contribution in [-0.2, 0) is 16.1 Å². The number of hydrogen-bond acceptors (Lipinski definition) is 6. The van der Waals surface area contributed by atoms with Gasteiger partial charge in [0, 0.05) is 10.4 Å². The Morgan fingerprint density at radius 1 is 0.949 bits per heavy atom. The summed E-state index contributed by atoms with van der Waals surface area (Å²) in [6.07, 6.45) is -0.00361. The molecule has 1 aliphatic rings. The van der Waals surface area contributed by atoms with Crippen LogP contribution >= 0.6 is 11.3 Å². The van der Waals surface area contributed by atoms with Crippen molar-refractivity contribution >= 4 is 28.8 Å². The van der Waals surface area contributed by atoms with Gasteiger partial charge in [0.2, 0.25) is 0 Å². The molecule has 39 heavy (non-hydrogen) atoms. The molecule has 3 aromatic carbocycles. The highest BCUT2D eigenvalue weighted by molar-refractivity contribution is 7.09. The topological polar surface area (TPSA) is 76.1 Å². The molecule has 0 aliphatic carbocycles. The molecule has 1 aliphatic heterocycles. The van der Waals surface area contributed by atoms with Crippen LogP contribution in [-0.4, -0.2) is 27.8 Å². The third kappa shape index (κ3) is 5.59. The van der Waals surface area contributed by atoms with Crippen LogP contribution in [0.5, 0.6) is 17.2 Å². The molecule has 6 nitrogen and oxygen atoms in total. The Labute approximate surface area is 231 Å². The van der Waals surface area contributed by atoms with Crippen LogP contribution in [0.4, 0.5) is 0 Å². The Balaban J connectivity index is 1.59. The molecule has 0 bridgehead atoms. The summed E-state index contributed by atoms with van der Waals surface area (Å²) in [5, 5.41) is 13.4. The van der Waals surface area contributed by atoms with Crippen LogP contribution in [0.1, 0.15) is 41.5 Å². The van der Waals surface area contributed by atoms with Crippen molar-refractivity contribution in [1.82, 2.24) is 4.90 Å². The SMILES string of the molecule is Cc1cc(/C(O)=C2\C(=O)C(=O)N(Cc3cccs3)C2c2cccc(Oc3ccccc3)c2)ccc1OC(C)C. The number of aliphatic hydroxyl groups is 1. The Morgan fingerprint density at radius 3 is 2.41 bits per heavy atom. The van der Waals surface area contributed by atoms with Gasteiger partial charge in [-0.25, -0.2) is 0 Å². The van der Waals surface area contributed by atoms with Crippen molar-refractivity contribution in [1.29, 1.82) is 0 Å². The molecule has 1 saturated heterocycles. The standard InChI is InChI=1S/C32H29NO5S/c1-20(2)37-27-15-14-23(17-21(27)3)30(34)28-29(33(32(36)31(28)35)19-26-13-8-16-39-26)22-9-7-12-25(18-22)38-24-10-5-4-6-11-24/h4-18,20,29,34H,19H2,1-3H3/b30-28+. The zero-order valence-electron chi connectivity index (χ0n) is 22.0. The molecule has 1 atom stereocenters. The fourth-order valence-corrected chi connectivity index (χ4v) is 5.37. The summed E-state index contributed by atoms with van der Waals surface area (Å²) in [6, 6.07) is 25.0. The molecule has 2 heterocycles. The summed E-state index contributed by atoms with van der Waals surface area (Å²) in [4.78, 5) is 29.3. The predicted molar refractivity (Wildman–Crippen MR) is 152 cm³/mol. The fourth-order valence-electron chi connectivity index (χ4n) is 4.67. The summed E-state index contributed by atoms with van der Waals surface area (Å²) >= 11 is 1.51. The number of hydrogen-bond donors (Lipinski definition) is 1. The number of Topliss-reactive ketones (excluding diaryl/α,β-unsaturated/α-hetero) is 1. The number of amides is 1. The van der Waals surface area contributed by atoms with Crippen molar-refractivity contribution in [3.8, 4) is 17.2 Å². The van der Waals surface area contributed by atoms with Gasteiger partial charge >= 0.3 is 0 Å². The molecule has 1 fully saturated rings. The van der Waals surface area contributed by atoms with Crippen LogP contribution in [0.15, 0.2) is 95.9 Å². The van der Waals surface area contributed by atoms with E-state index in [-0.39, 0.29) is 24.0 Å². The lowest BCUT2D eigenvalue weighted by atomic mass is 9.94. The number of thiophene rings is 1. The van der Waals surface area contributed by atoms with E-state index >= 15 is 0 Å². The number of aryl methyl sites for hydroxylation is 1. The van der Waals surface area contributed by atoms with Gasteiger partial charge in [0.05, 0.1) is 24.3 Å². The highest BCUT2D eigenvalue weighted by Crippen LogP contribution is 2.42. The second-order valence-corrected chi connectivity index (χ2v) is 10.7. The fraction of sp³-hybridized carbons (Fsp3) is 0.188. The average Bonchev–Trinajstić information content (AvgIpc) is 3.52. The number of carbonyl (C=O) groups is 2. The van der Waals surface area contributed by atoms with E-state index in [9.17, 15) is 14.7 Å². The molecular formula is C32H29NO5S. The Kier molecular flexibility index (Phi) is 7.52. The molecule has 0 radical (unpaired) electrons. The number of nitrogens with zero attached hydrogens (tertiary/aromatic N) is 1. The molecule has 4 aromatic rings. The van der Waals surface area contributed by atoms with Crippen molar-refractivity contribution in [3.63, 3.8) is 0 Å². The quantitative estimate of drug-likeness (QED) is 0.145. The molecule has 198 valence electrons. The van der Waals surface area contributed by atoms with E-state index in [1.807, 2.05) is 92.9 Å². The normalized spacial score (nSPS) is 16.6. The van der Waals surface area contributed by atoms with E-state index in [4.69, 9.17) is 9.47 Å². The van der Waals surface area contributed by atoms with Gasteiger partial charge in [0.15, 0.2) is 0 Å². The maximum atomic E-state index is 13.5. The highest BCUT2D eigenvalue weighted by atomic mass is 32.1. The van der Waals surface area contributed by atoms with Gasteiger partial charge in [-0.2, -0.15) is 0 Å². The third-order valence-electron chi connectivity index (χ3n) is 6.41. The van der Waals surface area contributed by atoms with Gasteiger partial charge in [-0.1, -0.05) is 36.4 Å². The Bertz CT molecular complexity index is 1530. The minimum absolute atomic E-state index is 0.00361. The van der Waals surface area contributed by atoms with Gasteiger partial charge in [-0.15, -0.1) is 11.3 Å². The zero-order valence-corrected chi connectivity index (χ0v) is 22.8. The molecule has 1 amide bonds. The number of carbonyl (C=O) groups excluding carboxylic acids is 2. The number of para-hydroxylation sites is 1. The molecule has 0 saturated carbocycles. The van der Waals surface area contributed by atoms with Crippen molar-refractivity contribution in [3.05, 3.63) is 117 Å². The molecule has 1 aromatic heterocycles. The maximum absolute atomic E-state index is 13.5. The van der Waals surface area contributed by atoms with Crippen LogP contribution in [0.25, 0.3) is 5.76 Å². The second kappa shape index (κ2) is 11.2. The Hall–Kier alpha value is -4.36. The monoisotopic (exact) mass is 539 g/mol. The first-order valence-electron chi connectivity index (χ1n) is 12.7. The largest absolute Gasteiger partial charge is 0.507 e. The summed E-state index contributed by atoms with van der Waals surface area (Å²) in [5.74, 6) is 0.333. The van der Waals surface area contributed by atoms with Crippen LogP contribution in [0.2, 0.25) is 0 Å². The van der Waals surface area contributed by atoms with Crippen molar-refractivity contribution in [2.45, 2.75) is 39.5 Å². The lowest BCUT2D eigenvalue weighted by Crippen LogP contribution is -2.28. The first-order chi connectivity index (χ1) is 18.8. The summed E-state index contributed by atoms with van der Waals surface area (Å²) in [7, 11) is 0. The van der Waals surface area contributed by atoms with Crippen LogP contribution < -0.4 is 9.47 Å². The van der Waals surface area contributed by atoms with E-state index < -0.39 is 17.7 Å². The first kappa shape index (κ1) is 26.3. The number of likely N-dealkylation sites (tertiary alicyclic amines) is 1. The van der Waals surface area contributed by atoms with Crippen LogP contribution in [0.3, 0.4) is 0 Å². The first-order valence-corrected chi connectivity index (χ1v) is 13.6. The second-order valence-electron chi connectivity index (χ2n) is 9.64. The lowest BCUT2D eigenvalue weighted by molar-refractivity contribution is -0.140. The van der Waals surface area contributed by atoms with E-state index in [1.165, 1.54) is 16.2 Å². The number of aliphatic hydroxyl groups excluding tert-OH is 1. The number of rotatable bonds is 8. The van der Waals surface area contributed by atoms with Crippen molar-refractivity contribution in [2.75, 3.05) is 0 Å². The molecule has 5 rings (SSSR count). The summed E-state index contributed by atoms with van der Waals surface area (Å²) < 4.78 is 11.9. The molecular weight excluding hydrogens is 510 g/mol. The lowest BCUT2D eigenvalue weighted by Gasteiger charge is -2.25. The smallest absolute Gasteiger partial charge is 0.295 e. The van der Waals surface area contributed by atoms with Gasteiger partial charge in [0.25, 0.3) is 11.7 Å². The van der Waals surface area contributed by atoms with E-state index in [0.29, 0.717) is 28.4 Å². The highest BCUT2D eigenvalue weighted by Gasteiger charge is 2.46. The molecule has 1 unspecified atom stereocenters. The minimum Gasteiger partial charge on any atom is -0.507 e. The van der Waals surface area contributed by atoms with E-state index in [1.54, 1.807) is 18.2 Å². The van der Waals surface area contributed by atoms with Crippen molar-refractivity contribution < 1.29 is 24.2 Å². The van der Waals surface area contributed by atoms with E-state index in [0.717, 1.165) is 10.4 Å². The van der Waals surface area contributed by atoms with Gasteiger partial charge < -0.3 is 19.5 Å². The van der Waals surface area contributed by atoms with E-state index in [2.05, 4.69) is 0 Å². The minimum atomic E-state index is -0.793. The van der Waals surface area contributed by atoms with Gasteiger partial charge in [-0.3, -0.25) is 9.59 Å². The molecule has 1 N–H and O–H groups in total. The van der Waals surface area contributed by atoms with Gasteiger partial charge in [-0.05, 0) is 85.8 Å². The van der Waals surface area contributed by atoms with Crippen LogP contribution in [0, 0.1) is 6.92 Å². The molecule has 7 heteroatoms. The summed E-state index contributed by atoms with van der Waals surface area (Å²) in [6.45, 7) is 6.01. The van der Waals surface area contributed by atoms with Gasteiger partial charge in [0.1, 0.15) is 23.0 Å². The zero-order chi connectivity index (χ0) is 27.5. The van der Waals surface area contributed by atoms with Crippen molar-refractivity contribution in [2.24, 2.45) is 0 Å². The third-order valence-corrected chi connectivity index (χ3v) is 7.27. The average molecular weight is 540 g/mol. The predicted octanol–water partition coefficient (Wildman–Crippen LogP) is 7.26. The number of ketones is 1. The maximum Gasteiger partial charge on any atom is 0.295 e.